The summed E-state index contributed by atoms with van der Waals surface area (Å²) in [7, 11) is 0. The Morgan fingerprint density at radius 2 is 1.76 bits per heavy atom. The first kappa shape index (κ1) is 18.5. The average Bonchev–Trinajstić information content (AvgIpc) is 2.52. The van der Waals surface area contributed by atoms with Gasteiger partial charge in [-0.2, -0.15) is 0 Å². The van der Waals surface area contributed by atoms with Gasteiger partial charge < -0.3 is 18.9 Å². The lowest BCUT2D eigenvalue weighted by molar-refractivity contribution is -0.222. The van der Waals surface area contributed by atoms with Gasteiger partial charge in [-0.25, -0.2) is 9.59 Å². The van der Waals surface area contributed by atoms with Gasteiger partial charge in [0.25, 0.3) is 5.79 Å². The minimum Gasteiger partial charge on any atom is -0.490 e. The second kappa shape index (κ2) is 7.38. The van der Waals surface area contributed by atoms with Gasteiger partial charge in [0, 0.05) is 20.3 Å². The standard InChI is InChI=1S/C18H20O7/c1-5-15(19)23-13-8-7-11(10-14(13)22-6-2)9-12-16(20)24-18(3,4)25-17(12)21/h7-10H,5-6H2,1-4H3. The molecule has 1 aromatic carbocycles. The molecular weight excluding hydrogens is 328 g/mol. The highest BCUT2D eigenvalue weighted by Gasteiger charge is 2.38. The fraction of sp³-hybridized carbons (Fsp3) is 0.389. The molecular formula is C18H20O7. The zero-order valence-electron chi connectivity index (χ0n) is 14.6. The number of carbonyl (C=O) groups excluding carboxylic acids is 3. The molecule has 0 aliphatic carbocycles. The zero-order valence-corrected chi connectivity index (χ0v) is 14.6. The molecule has 134 valence electrons. The molecule has 1 saturated heterocycles. The van der Waals surface area contributed by atoms with E-state index in [1.165, 1.54) is 26.0 Å². The van der Waals surface area contributed by atoms with Crippen LogP contribution in [0.1, 0.15) is 39.7 Å². The van der Waals surface area contributed by atoms with Gasteiger partial charge in [-0.3, -0.25) is 4.79 Å². The Morgan fingerprint density at radius 3 is 2.32 bits per heavy atom. The van der Waals surface area contributed by atoms with E-state index in [0.29, 0.717) is 17.9 Å². The van der Waals surface area contributed by atoms with Gasteiger partial charge in [-0.05, 0) is 30.7 Å². The number of carbonyl (C=O) groups is 3. The summed E-state index contributed by atoms with van der Waals surface area (Å²) in [5, 5.41) is 0. The highest BCUT2D eigenvalue weighted by molar-refractivity contribution is 6.18. The molecule has 7 nitrogen and oxygen atoms in total. The van der Waals surface area contributed by atoms with Crippen molar-refractivity contribution in [2.24, 2.45) is 0 Å². The SMILES string of the molecule is CCOc1cc(C=C2C(=O)OC(C)(C)OC2=O)ccc1OC(=O)CC. The minimum absolute atomic E-state index is 0.222. The molecule has 0 spiro atoms. The van der Waals surface area contributed by atoms with Crippen LogP contribution in [-0.2, 0) is 23.9 Å². The summed E-state index contributed by atoms with van der Waals surface area (Å²) >= 11 is 0. The van der Waals surface area contributed by atoms with Crippen LogP contribution in [0.25, 0.3) is 6.08 Å². The Hall–Kier alpha value is -2.83. The summed E-state index contributed by atoms with van der Waals surface area (Å²) in [6.07, 6.45) is 1.57. The van der Waals surface area contributed by atoms with E-state index in [-0.39, 0.29) is 17.7 Å². The number of rotatable bonds is 5. The lowest BCUT2D eigenvalue weighted by Gasteiger charge is -2.29. The normalized spacial score (nSPS) is 15.9. The van der Waals surface area contributed by atoms with Gasteiger partial charge in [-0.1, -0.05) is 13.0 Å². The van der Waals surface area contributed by atoms with Crippen LogP contribution in [0.2, 0.25) is 0 Å². The van der Waals surface area contributed by atoms with E-state index in [1.54, 1.807) is 26.0 Å². The van der Waals surface area contributed by atoms with Gasteiger partial charge in [0.1, 0.15) is 5.57 Å². The number of esters is 3. The first-order valence-electron chi connectivity index (χ1n) is 7.91. The van der Waals surface area contributed by atoms with Crippen LogP contribution in [0, 0.1) is 0 Å². The van der Waals surface area contributed by atoms with Crippen molar-refractivity contribution in [3.8, 4) is 11.5 Å². The second-order valence-electron chi connectivity index (χ2n) is 5.70. The monoisotopic (exact) mass is 348 g/mol. The molecule has 0 aromatic heterocycles. The summed E-state index contributed by atoms with van der Waals surface area (Å²) in [4.78, 5) is 35.5. The van der Waals surface area contributed by atoms with E-state index in [0.717, 1.165) is 0 Å². The van der Waals surface area contributed by atoms with Crippen molar-refractivity contribution in [3.05, 3.63) is 29.3 Å². The average molecular weight is 348 g/mol. The van der Waals surface area contributed by atoms with Crippen LogP contribution in [0.4, 0.5) is 0 Å². The molecule has 1 aliphatic heterocycles. The molecule has 7 heteroatoms. The van der Waals surface area contributed by atoms with Crippen molar-refractivity contribution in [1.29, 1.82) is 0 Å². The summed E-state index contributed by atoms with van der Waals surface area (Å²) in [5.74, 6) is -2.61. The van der Waals surface area contributed by atoms with E-state index < -0.39 is 23.7 Å². The topological polar surface area (TPSA) is 88.1 Å². The Bertz CT molecular complexity index is 709. The molecule has 1 aromatic rings. The lowest BCUT2D eigenvalue weighted by atomic mass is 10.1. The van der Waals surface area contributed by atoms with Crippen molar-refractivity contribution in [2.75, 3.05) is 6.61 Å². The smallest absolute Gasteiger partial charge is 0.348 e. The Labute approximate surface area is 145 Å². The first-order chi connectivity index (χ1) is 11.8. The van der Waals surface area contributed by atoms with Gasteiger partial charge in [0.15, 0.2) is 11.5 Å². The van der Waals surface area contributed by atoms with Crippen molar-refractivity contribution in [3.63, 3.8) is 0 Å². The van der Waals surface area contributed by atoms with E-state index in [9.17, 15) is 14.4 Å². The number of ether oxygens (including phenoxy) is 4. The highest BCUT2D eigenvalue weighted by Crippen LogP contribution is 2.31. The van der Waals surface area contributed by atoms with Crippen molar-refractivity contribution < 1.29 is 33.3 Å². The molecule has 1 fully saturated rings. The quantitative estimate of drug-likeness (QED) is 0.350. The fourth-order valence-corrected chi connectivity index (χ4v) is 2.11. The number of benzene rings is 1. The maximum absolute atomic E-state index is 12.0. The lowest BCUT2D eigenvalue weighted by Crippen LogP contribution is -2.41. The van der Waals surface area contributed by atoms with Crippen molar-refractivity contribution >= 4 is 24.0 Å². The molecule has 0 amide bonds. The number of hydrogen-bond donors (Lipinski definition) is 0. The molecule has 0 N–H and O–H groups in total. The van der Waals surface area contributed by atoms with E-state index >= 15 is 0 Å². The van der Waals surface area contributed by atoms with E-state index in [4.69, 9.17) is 18.9 Å². The predicted molar refractivity (Wildman–Crippen MR) is 87.8 cm³/mol. The van der Waals surface area contributed by atoms with Crippen molar-refractivity contribution in [2.45, 2.75) is 39.9 Å². The Kier molecular flexibility index (Phi) is 5.46. The molecule has 0 unspecified atom stereocenters. The second-order valence-corrected chi connectivity index (χ2v) is 5.70. The van der Waals surface area contributed by atoms with Gasteiger partial charge in [0.2, 0.25) is 0 Å². The molecule has 0 bridgehead atoms. The molecule has 0 atom stereocenters. The molecule has 1 heterocycles. The van der Waals surface area contributed by atoms with Crippen LogP contribution in [0.5, 0.6) is 11.5 Å². The molecule has 1 aliphatic rings. The molecule has 25 heavy (non-hydrogen) atoms. The van der Waals surface area contributed by atoms with Crippen LogP contribution in [0.3, 0.4) is 0 Å². The number of cyclic esters (lactones) is 2. The van der Waals surface area contributed by atoms with Gasteiger partial charge in [-0.15, -0.1) is 0 Å². The summed E-state index contributed by atoms with van der Waals surface area (Å²) in [5.41, 5.74) is 0.281. The Balaban J connectivity index is 2.33. The third-order valence-electron chi connectivity index (χ3n) is 3.21. The molecule has 0 radical (unpaired) electrons. The van der Waals surface area contributed by atoms with Crippen LogP contribution in [-0.4, -0.2) is 30.3 Å². The summed E-state index contributed by atoms with van der Waals surface area (Å²) < 4.78 is 20.7. The van der Waals surface area contributed by atoms with Gasteiger partial charge in [0.05, 0.1) is 6.61 Å². The maximum Gasteiger partial charge on any atom is 0.348 e. The maximum atomic E-state index is 12.0. The largest absolute Gasteiger partial charge is 0.490 e. The van der Waals surface area contributed by atoms with Crippen LogP contribution in [0.15, 0.2) is 23.8 Å². The van der Waals surface area contributed by atoms with E-state index in [2.05, 4.69) is 0 Å². The van der Waals surface area contributed by atoms with Crippen molar-refractivity contribution in [1.82, 2.24) is 0 Å². The predicted octanol–water partition coefficient (Wildman–Crippen LogP) is 2.62. The third kappa shape index (κ3) is 4.59. The Morgan fingerprint density at radius 1 is 1.12 bits per heavy atom. The zero-order chi connectivity index (χ0) is 18.6. The molecule has 0 saturated carbocycles. The van der Waals surface area contributed by atoms with Gasteiger partial charge >= 0.3 is 17.9 Å². The number of hydrogen-bond acceptors (Lipinski definition) is 7. The van der Waals surface area contributed by atoms with Crippen LogP contribution < -0.4 is 9.47 Å². The molecule has 2 rings (SSSR count). The summed E-state index contributed by atoms with van der Waals surface area (Å²) in [6.45, 7) is 6.78. The van der Waals surface area contributed by atoms with Crippen LogP contribution >= 0.6 is 0 Å². The van der Waals surface area contributed by atoms with E-state index in [1.807, 2.05) is 0 Å². The minimum atomic E-state index is -1.29. The summed E-state index contributed by atoms with van der Waals surface area (Å²) in [6, 6.07) is 4.69. The third-order valence-corrected chi connectivity index (χ3v) is 3.21. The highest BCUT2D eigenvalue weighted by atomic mass is 16.7. The first-order valence-corrected chi connectivity index (χ1v) is 7.91. The fourth-order valence-electron chi connectivity index (χ4n) is 2.11.